The zero-order valence-corrected chi connectivity index (χ0v) is 12.9. The van der Waals surface area contributed by atoms with Gasteiger partial charge in [-0.2, -0.15) is 5.10 Å². The Bertz CT molecular complexity index is 823. The first kappa shape index (κ1) is 16.3. The minimum atomic E-state index is -0.727. The molecule has 7 nitrogen and oxygen atoms in total. The molecule has 2 aromatic rings. The van der Waals surface area contributed by atoms with Crippen LogP contribution in [0.5, 0.6) is 11.5 Å². The summed E-state index contributed by atoms with van der Waals surface area (Å²) in [6.45, 7) is 3.02. The Labute approximate surface area is 132 Å². The lowest BCUT2D eigenvalue weighted by Gasteiger charge is -2.07. The van der Waals surface area contributed by atoms with Gasteiger partial charge in [0.2, 0.25) is 0 Å². The van der Waals surface area contributed by atoms with Crippen LogP contribution < -0.4 is 15.8 Å². The number of ether oxygens (including phenoxy) is 1. The maximum absolute atomic E-state index is 12.1. The number of hydrogen-bond donors (Lipinski definition) is 2. The molecule has 1 heterocycles. The van der Waals surface area contributed by atoms with Crippen LogP contribution in [0.3, 0.4) is 0 Å². The fourth-order valence-corrected chi connectivity index (χ4v) is 2.01. The highest BCUT2D eigenvalue weighted by Gasteiger charge is 2.15. The molecular weight excluding hydrogens is 300 g/mol. The van der Waals surface area contributed by atoms with Crippen molar-refractivity contribution in [3.8, 4) is 11.5 Å². The van der Waals surface area contributed by atoms with E-state index < -0.39 is 11.5 Å². The number of nitrogens with zero attached hydrogens (tertiary/aromatic N) is 1. The minimum absolute atomic E-state index is 0.101. The van der Waals surface area contributed by atoms with Gasteiger partial charge in [0.25, 0.3) is 5.91 Å². The van der Waals surface area contributed by atoms with E-state index in [1.807, 2.05) is 0 Å². The molecule has 0 atom stereocenters. The SMILES string of the molecule is COc1ccccc1C(=O)NN=C(C)c1c(O)cc(C)oc1=O. The number of aryl methyl sites for hydroxylation is 1. The molecule has 0 spiro atoms. The monoisotopic (exact) mass is 316 g/mol. The second-order valence-corrected chi connectivity index (χ2v) is 4.74. The second-order valence-electron chi connectivity index (χ2n) is 4.74. The van der Waals surface area contributed by atoms with Crippen molar-refractivity contribution in [3.05, 3.63) is 57.6 Å². The van der Waals surface area contributed by atoms with Crippen molar-refractivity contribution in [3.63, 3.8) is 0 Å². The zero-order valence-electron chi connectivity index (χ0n) is 12.9. The lowest BCUT2D eigenvalue weighted by molar-refractivity contribution is 0.0951. The molecule has 0 saturated carbocycles. The standard InChI is InChI=1S/C16H16N2O5/c1-9-8-12(19)14(16(21)23-9)10(2)17-18-15(20)11-6-4-5-7-13(11)22-3/h4-8,19H,1-3H3,(H,18,20). The summed E-state index contributed by atoms with van der Waals surface area (Å²) in [4.78, 5) is 23.9. The number of benzene rings is 1. The molecule has 7 heteroatoms. The molecule has 120 valence electrons. The molecule has 1 amide bonds. The van der Waals surface area contributed by atoms with Crippen molar-refractivity contribution in [1.82, 2.24) is 5.43 Å². The van der Waals surface area contributed by atoms with Gasteiger partial charge in [0.15, 0.2) is 0 Å². The lowest BCUT2D eigenvalue weighted by Crippen LogP contribution is -2.22. The van der Waals surface area contributed by atoms with Crippen molar-refractivity contribution in [2.24, 2.45) is 5.10 Å². The first-order valence-electron chi connectivity index (χ1n) is 6.75. The summed E-state index contributed by atoms with van der Waals surface area (Å²) in [5.74, 6) is -0.0815. The molecule has 2 rings (SSSR count). The summed E-state index contributed by atoms with van der Waals surface area (Å²) in [6, 6.07) is 7.95. The number of rotatable bonds is 4. The van der Waals surface area contributed by atoms with Crippen LogP contribution in [0.4, 0.5) is 0 Å². The number of carbonyl (C=O) groups excluding carboxylic acids is 1. The average Bonchev–Trinajstić information content (AvgIpc) is 2.51. The van der Waals surface area contributed by atoms with E-state index in [0.717, 1.165) is 0 Å². The highest BCUT2D eigenvalue weighted by molar-refractivity contribution is 6.02. The molecule has 0 aliphatic rings. The summed E-state index contributed by atoms with van der Waals surface area (Å²) in [7, 11) is 1.45. The van der Waals surface area contributed by atoms with Gasteiger partial charge >= 0.3 is 5.63 Å². The Balaban J connectivity index is 2.26. The fraction of sp³-hybridized carbons (Fsp3) is 0.188. The maximum Gasteiger partial charge on any atom is 0.348 e. The van der Waals surface area contributed by atoms with E-state index in [9.17, 15) is 14.7 Å². The number of nitrogens with one attached hydrogen (secondary N) is 1. The predicted octanol–water partition coefficient (Wildman–Crippen LogP) is 1.82. The third-order valence-electron chi connectivity index (χ3n) is 3.09. The van der Waals surface area contributed by atoms with Crippen molar-refractivity contribution in [2.75, 3.05) is 7.11 Å². The van der Waals surface area contributed by atoms with Gasteiger partial charge < -0.3 is 14.3 Å². The molecule has 0 saturated heterocycles. The summed E-state index contributed by atoms with van der Waals surface area (Å²) >= 11 is 0. The van der Waals surface area contributed by atoms with E-state index in [-0.39, 0.29) is 22.8 Å². The smallest absolute Gasteiger partial charge is 0.348 e. The van der Waals surface area contributed by atoms with E-state index in [2.05, 4.69) is 10.5 Å². The van der Waals surface area contributed by atoms with Crippen LogP contribution in [0.1, 0.15) is 28.6 Å². The first-order valence-corrected chi connectivity index (χ1v) is 6.75. The molecule has 0 bridgehead atoms. The molecule has 0 unspecified atom stereocenters. The minimum Gasteiger partial charge on any atom is -0.507 e. The molecule has 1 aromatic carbocycles. The molecule has 0 radical (unpaired) electrons. The van der Waals surface area contributed by atoms with Crippen LogP contribution in [0.25, 0.3) is 0 Å². The third kappa shape index (κ3) is 3.57. The molecule has 1 aromatic heterocycles. The van der Waals surface area contributed by atoms with Crippen LogP contribution in [0.2, 0.25) is 0 Å². The zero-order chi connectivity index (χ0) is 17.0. The number of hydrogen-bond acceptors (Lipinski definition) is 6. The van der Waals surface area contributed by atoms with Gasteiger partial charge in [0.05, 0.1) is 18.4 Å². The van der Waals surface area contributed by atoms with Crippen LogP contribution >= 0.6 is 0 Å². The summed E-state index contributed by atoms with van der Waals surface area (Å²) in [5, 5.41) is 13.7. The highest BCUT2D eigenvalue weighted by Crippen LogP contribution is 2.17. The summed E-state index contributed by atoms with van der Waals surface area (Å²) < 4.78 is 10.0. The Hall–Kier alpha value is -3.09. The van der Waals surface area contributed by atoms with E-state index in [4.69, 9.17) is 9.15 Å². The van der Waals surface area contributed by atoms with Crippen LogP contribution in [-0.4, -0.2) is 23.8 Å². The maximum atomic E-state index is 12.1. The first-order chi connectivity index (χ1) is 10.9. The molecule has 2 N–H and O–H groups in total. The van der Waals surface area contributed by atoms with Gasteiger partial charge in [-0.1, -0.05) is 12.1 Å². The van der Waals surface area contributed by atoms with Crippen LogP contribution in [-0.2, 0) is 0 Å². The van der Waals surface area contributed by atoms with Gasteiger partial charge in [-0.25, -0.2) is 10.2 Å². The number of hydrazone groups is 1. The van der Waals surface area contributed by atoms with E-state index in [0.29, 0.717) is 11.3 Å². The van der Waals surface area contributed by atoms with E-state index in [1.165, 1.54) is 20.1 Å². The van der Waals surface area contributed by atoms with Gasteiger partial charge in [-0.3, -0.25) is 4.79 Å². The number of aromatic hydroxyl groups is 1. The lowest BCUT2D eigenvalue weighted by atomic mass is 10.2. The highest BCUT2D eigenvalue weighted by atomic mass is 16.5. The Morgan fingerprint density at radius 2 is 2.04 bits per heavy atom. The fourth-order valence-electron chi connectivity index (χ4n) is 2.01. The number of methoxy groups -OCH3 is 1. The van der Waals surface area contributed by atoms with Crippen molar-refractivity contribution in [1.29, 1.82) is 0 Å². The number of amides is 1. The third-order valence-corrected chi connectivity index (χ3v) is 3.09. The van der Waals surface area contributed by atoms with E-state index >= 15 is 0 Å². The molecule has 0 fully saturated rings. The van der Waals surface area contributed by atoms with Crippen molar-refractivity contribution in [2.45, 2.75) is 13.8 Å². The van der Waals surface area contributed by atoms with E-state index in [1.54, 1.807) is 31.2 Å². The van der Waals surface area contributed by atoms with Gasteiger partial charge in [-0.15, -0.1) is 0 Å². The molecular formula is C16H16N2O5. The number of para-hydroxylation sites is 1. The average molecular weight is 316 g/mol. The quantitative estimate of drug-likeness (QED) is 0.662. The predicted molar refractivity (Wildman–Crippen MR) is 84.1 cm³/mol. The molecule has 0 aliphatic carbocycles. The Morgan fingerprint density at radius 3 is 2.70 bits per heavy atom. The van der Waals surface area contributed by atoms with Gasteiger partial charge in [0.1, 0.15) is 22.8 Å². The molecule has 23 heavy (non-hydrogen) atoms. The summed E-state index contributed by atoms with van der Waals surface area (Å²) in [6.07, 6.45) is 0. The largest absolute Gasteiger partial charge is 0.507 e. The second kappa shape index (κ2) is 6.78. The Morgan fingerprint density at radius 1 is 1.35 bits per heavy atom. The van der Waals surface area contributed by atoms with Gasteiger partial charge in [-0.05, 0) is 26.0 Å². The Kier molecular flexibility index (Phi) is 4.80. The van der Waals surface area contributed by atoms with Gasteiger partial charge in [0, 0.05) is 6.07 Å². The number of carbonyl (C=O) groups is 1. The normalized spacial score (nSPS) is 11.2. The van der Waals surface area contributed by atoms with Crippen molar-refractivity contribution < 1.29 is 19.1 Å². The summed E-state index contributed by atoms with van der Waals surface area (Å²) in [5.41, 5.74) is 1.91. The van der Waals surface area contributed by atoms with Crippen LogP contribution in [0, 0.1) is 6.92 Å². The van der Waals surface area contributed by atoms with Crippen molar-refractivity contribution >= 4 is 11.6 Å². The molecule has 0 aliphatic heterocycles. The van der Waals surface area contributed by atoms with Crippen LogP contribution in [0.15, 0.2) is 44.6 Å². The topological polar surface area (TPSA) is 101 Å².